The zero-order valence-electron chi connectivity index (χ0n) is 13.2. The Balaban J connectivity index is 1.87. The van der Waals surface area contributed by atoms with Crippen molar-refractivity contribution in [1.82, 2.24) is 5.32 Å². The SMILES string of the molecule is O=[N+]([O-])c1ccccc1N1CC2(CCNCC2)c2ccc(Cl)cc21. The lowest BCUT2D eigenvalue weighted by atomic mass is 9.75. The number of nitrogens with one attached hydrogen (secondary N) is 1. The predicted octanol–water partition coefficient (Wildman–Crippen LogP) is 4.02. The summed E-state index contributed by atoms with van der Waals surface area (Å²) in [5.74, 6) is 0. The van der Waals surface area contributed by atoms with Gasteiger partial charge in [-0.3, -0.25) is 10.1 Å². The van der Waals surface area contributed by atoms with Crippen LogP contribution in [0, 0.1) is 10.1 Å². The summed E-state index contributed by atoms with van der Waals surface area (Å²) in [7, 11) is 0. The smallest absolute Gasteiger partial charge is 0.292 e. The van der Waals surface area contributed by atoms with Gasteiger partial charge in [0.05, 0.1) is 4.92 Å². The molecular formula is C18H18ClN3O2. The van der Waals surface area contributed by atoms with E-state index in [0.717, 1.165) is 38.2 Å². The normalized spacial score (nSPS) is 18.6. The van der Waals surface area contributed by atoms with Crippen molar-refractivity contribution in [3.8, 4) is 0 Å². The van der Waals surface area contributed by atoms with E-state index in [-0.39, 0.29) is 16.0 Å². The Morgan fingerprint density at radius 1 is 1.12 bits per heavy atom. The molecule has 0 unspecified atom stereocenters. The van der Waals surface area contributed by atoms with Crippen LogP contribution in [0.2, 0.25) is 5.02 Å². The molecule has 0 atom stereocenters. The molecule has 0 aromatic heterocycles. The van der Waals surface area contributed by atoms with Gasteiger partial charge in [-0.05, 0) is 49.7 Å². The Labute approximate surface area is 145 Å². The quantitative estimate of drug-likeness (QED) is 0.661. The van der Waals surface area contributed by atoms with Crippen LogP contribution in [0.5, 0.6) is 0 Å². The number of hydrogen-bond donors (Lipinski definition) is 1. The molecule has 1 N–H and O–H groups in total. The van der Waals surface area contributed by atoms with Gasteiger partial charge in [-0.1, -0.05) is 29.8 Å². The van der Waals surface area contributed by atoms with Gasteiger partial charge in [0.2, 0.25) is 0 Å². The van der Waals surface area contributed by atoms with Gasteiger partial charge < -0.3 is 10.2 Å². The number of piperidine rings is 1. The van der Waals surface area contributed by atoms with E-state index in [1.807, 2.05) is 24.3 Å². The van der Waals surface area contributed by atoms with Crippen LogP contribution in [0.1, 0.15) is 18.4 Å². The zero-order valence-corrected chi connectivity index (χ0v) is 13.9. The minimum absolute atomic E-state index is 0.0366. The van der Waals surface area contributed by atoms with Crippen LogP contribution in [0.15, 0.2) is 42.5 Å². The topological polar surface area (TPSA) is 58.4 Å². The van der Waals surface area contributed by atoms with E-state index < -0.39 is 0 Å². The summed E-state index contributed by atoms with van der Waals surface area (Å²) in [6.07, 6.45) is 2.05. The maximum absolute atomic E-state index is 11.5. The molecule has 0 amide bonds. The van der Waals surface area contributed by atoms with Crippen LogP contribution in [0.3, 0.4) is 0 Å². The summed E-state index contributed by atoms with van der Waals surface area (Å²) in [5.41, 5.74) is 3.07. The molecular weight excluding hydrogens is 326 g/mol. The average Bonchev–Trinajstić information content (AvgIpc) is 2.89. The van der Waals surface area contributed by atoms with E-state index in [2.05, 4.69) is 16.3 Å². The number of fused-ring (bicyclic) bond motifs is 2. The number of benzene rings is 2. The second kappa shape index (κ2) is 5.76. The molecule has 6 heteroatoms. The average molecular weight is 344 g/mol. The van der Waals surface area contributed by atoms with Gasteiger partial charge in [0.1, 0.15) is 5.69 Å². The molecule has 4 rings (SSSR count). The molecule has 0 saturated carbocycles. The largest absolute Gasteiger partial charge is 0.335 e. The number of rotatable bonds is 2. The van der Waals surface area contributed by atoms with Gasteiger partial charge in [-0.25, -0.2) is 0 Å². The molecule has 2 aliphatic heterocycles. The first-order valence-corrected chi connectivity index (χ1v) is 8.50. The van der Waals surface area contributed by atoms with Crippen LogP contribution in [-0.4, -0.2) is 24.6 Å². The first-order chi connectivity index (χ1) is 11.6. The first kappa shape index (κ1) is 15.4. The molecule has 0 bridgehead atoms. The van der Waals surface area contributed by atoms with E-state index in [9.17, 15) is 10.1 Å². The summed E-state index contributed by atoms with van der Waals surface area (Å²) in [6.45, 7) is 2.69. The van der Waals surface area contributed by atoms with Crippen LogP contribution >= 0.6 is 11.6 Å². The molecule has 1 fully saturated rings. The highest BCUT2D eigenvalue weighted by Gasteiger charge is 2.44. The number of nitrogens with zero attached hydrogens (tertiary/aromatic N) is 2. The third-order valence-corrected chi connectivity index (χ3v) is 5.45. The molecule has 0 aliphatic carbocycles. The summed E-state index contributed by atoms with van der Waals surface area (Å²) >= 11 is 6.23. The van der Waals surface area contributed by atoms with Gasteiger partial charge in [0, 0.05) is 28.7 Å². The van der Waals surface area contributed by atoms with Crippen LogP contribution in [0.4, 0.5) is 17.1 Å². The van der Waals surface area contributed by atoms with Crippen molar-refractivity contribution in [2.24, 2.45) is 0 Å². The van der Waals surface area contributed by atoms with E-state index in [1.165, 1.54) is 5.56 Å². The maximum atomic E-state index is 11.5. The molecule has 2 heterocycles. The maximum Gasteiger partial charge on any atom is 0.292 e. The van der Waals surface area contributed by atoms with Crippen molar-refractivity contribution < 1.29 is 4.92 Å². The molecule has 2 aromatic carbocycles. The molecule has 1 saturated heterocycles. The summed E-state index contributed by atoms with van der Waals surface area (Å²) in [5, 5.41) is 15.5. The summed E-state index contributed by atoms with van der Waals surface area (Å²) in [6, 6.07) is 12.9. The van der Waals surface area contributed by atoms with Crippen LogP contribution < -0.4 is 10.2 Å². The molecule has 0 radical (unpaired) electrons. The van der Waals surface area contributed by atoms with Crippen molar-refractivity contribution >= 4 is 28.7 Å². The number of hydrogen-bond acceptors (Lipinski definition) is 4. The minimum Gasteiger partial charge on any atom is -0.335 e. The fourth-order valence-corrected chi connectivity index (χ4v) is 4.21. The number of nitro benzene ring substituents is 1. The number of anilines is 2. The standard InChI is InChI=1S/C18H18ClN3O2/c19-13-5-6-14-17(11-13)21(12-18(14)7-9-20-10-8-18)15-3-1-2-4-16(15)22(23)24/h1-6,11,20H,7-10,12H2. The van der Waals surface area contributed by atoms with Gasteiger partial charge in [-0.2, -0.15) is 0 Å². The third-order valence-electron chi connectivity index (χ3n) is 5.21. The summed E-state index contributed by atoms with van der Waals surface area (Å²) < 4.78 is 0. The van der Waals surface area contributed by atoms with Gasteiger partial charge >= 0.3 is 0 Å². The van der Waals surface area contributed by atoms with E-state index in [0.29, 0.717) is 10.7 Å². The van der Waals surface area contributed by atoms with Gasteiger partial charge in [0.25, 0.3) is 5.69 Å². The van der Waals surface area contributed by atoms with E-state index in [4.69, 9.17) is 11.6 Å². The fourth-order valence-electron chi connectivity index (χ4n) is 4.04. The number of para-hydroxylation sites is 2. The van der Waals surface area contributed by atoms with Crippen molar-refractivity contribution in [2.75, 3.05) is 24.5 Å². The van der Waals surface area contributed by atoms with Gasteiger partial charge in [0.15, 0.2) is 0 Å². The first-order valence-electron chi connectivity index (χ1n) is 8.12. The van der Waals surface area contributed by atoms with E-state index in [1.54, 1.807) is 12.1 Å². The molecule has 5 nitrogen and oxygen atoms in total. The summed E-state index contributed by atoms with van der Waals surface area (Å²) in [4.78, 5) is 13.2. The molecule has 2 aromatic rings. The second-order valence-corrected chi connectivity index (χ2v) is 6.96. The second-order valence-electron chi connectivity index (χ2n) is 6.52. The van der Waals surface area contributed by atoms with Gasteiger partial charge in [-0.15, -0.1) is 0 Å². The molecule has 2 aliphatic rings. The van der Waals surface area contributed by atoms with Crippen molar-refractivity contribution in [2.45, 2.75) is 18.3 Å². The minimum atomic E-state index is -0.313. The predicted molar refractivity (Wildman–Crippen MR) is 95.3 cm³/mol. The molecule has 124 valence electrons. The highest BCUT2D eigenvalue weighted by molar-refractivity contribution is 6.31. The molecule has 1 spiro atoms. The lowest BCUT2D eigenvalue weighted by Crippen LogP contribution is -2.42. The Morgan fingerprint density at radius 2 is 1.88 bits per heavy atom. The Hall–Kier alpha value is -2.11. The zero-order chi connectivity index (χ0) is 16.7. The Bertz CT molecular complexity index is 803. The van der Waals surface area contributed by atoms with Crippen LogP contribution in [-0.2, 0) is 5.41 Å². The monoisotopic (exact) mass is 343 g/mol. The van der Waals surface area contributed by atoms with Crippen molar-refractivity contribution in [1.29, 1.82) is 0 Å². The fraction of sp³-hybridized carbons (Fsp3) is 0.333. The lowest BCUT2D eigenvalue weighted by molar-refractivity contribution is -0.384. The Kier molecular flexibility index (Phi) is 3.70. The third kappa shape index (κ3) is 2.36. The lowest BCUT2D eigenvalue weighted by Gasteiger charge is -2.34. The van der Waals surface area contributed by atoms with E-state index >= 15 is 0 Å². The highest BCUT2D eigenvalue weighted by Crippen LogP contribution is 2.50. The Morgan fingerprint density at radius 3 is 2.62 bits per heavy atom. The number of halogens is 1. The van der Waals surface area contributed by atoms with Crippen molar-refractivity contribution in [3.05, 3.63) is 63.2 Å². The highest BCUT2D eigenvalue weighted by atomic mass is 35.5. The van der Waals surface area contributed by atoms with Crippen molar-refractivity contribution in [3.63, 3.8) is 0 Å². The van der Waals surface area contributed by atoms with Crippen LogP contribution in [0.25, 0.3) is 0 Å². The molecule has 24 heavy (non-hydrogen) atoms. The number of nitro groups is 1.